The topological polar surface area (TPSA) is 87.1 Å². The molecule has 0 radical (unpaired) electrons. The molecule has 0 unspecified atom stereocenters. The van der Waals surface area contributed by atoms with Crippen LogP contribution in [0.1, 0.15) is 5.69 Å². The Balaban J connectivity index is 2.42. The van der Waals surface area contributed by atoms with Crippen LogP contribution in [-0.4, -0.2) is 27.6 Å². The van der Waals surface area contributed by atoms with E-state index < -0.39 is 59.3 Å². The van der Waals surface area contributed by atoms with Gasteiger partial charge in [-0.15, -0.1) is 0 Å². The fraction of sp³-hybridized carbons (Fsp3) is 0.154. The minimum Gasteiger partial charge on any atom is -0.480 e. The summed E-state index contributed by atoms with van der Waals surface area (Å²) >= 11 is 0. The van der Waals surface area contributed by atoms with Crippen molar-refractivity contribution in [1.82, 2.24) is 9.97 Å². The highest BCUT2D eigenvalue weighted by atomic mass is 19.4. The molecule has 134 valence electrons. The van der Waals surface area contributed by atoms with Crippen molar-refractivity contribution < 1.29 is 36.2 Å². The van der Waals surface area contributed by atoms with Crippen LogP contribution in [0, 0.1) is 17.5 Å². The average Bonchev–Trinajstić information content (AvgIpc) is 2.48. The van der Waals surface area contributed by atoms with Gasteiger partial charge in [-0.3, -0.25) is 4.79 Å². The summed E-state index contributed by atoms with van der Waals surface area (Å²) in [6.07, 6.45) is -4.93. The Hall–Kier alpha value is -3.05. The van der Waals surface area contributed by atoms with E-state index in [1.54, 1.807) is 0 Å². The van der Waals surface area contributed by atoms with Crippen molar-refractivity contribution in [2.45, 2.75) is 6.18 Å². The summed E-state index contributed by atoms with van der Waals surface area (Å²) in [5.74, 6) is -6.83. The van der Waals surface area contributed by atoms with Gasteiger partial charge in [0.05, 0.1) is 0 Å². The number of aromatic nitrogens is 2. The SMILES string of the molecule is O=C(O)CNc1nc(Nc2c(F)cc(F)cc2F)cc(C(F)(F)F)n1. The van der Waals surface area contributed by atoms with Gasteiger partial charge in [0, 0.05) is 18.2 Å². The third kappa shape index (κ3) is 4.71. The fourth-order valence-electron chi connectivity index (χ4n) is 1.68. The van der Waals surface area contributed by atoms with Gasteiger partial charge in [0.1, 0.15) is 23.9 Å². The van der Waals surface area contributed by atoms with Crippen LogP contribution in [0.25, 0.3) is 0 Å². The fourth-order valence-corrected chi connectivity index (χ4v) is 1.68. The van der Waals surface area contributed by atoms with E-state index in [1.807, 2.05) is 10.6 Å². The van der Waals surface area contributed by atoms with Crippen molar-refractivity contribution in [1.29, 1.82) is 0 Å². The van der Waals surface area contributed by atoms with Gasteiger partial charge in [-0.05, 0) is 0 Å². The lowest BCUT2D eigenvalue weighted by Gasteiger charge is -2.13. The Bertz CT molecular complexity index is 789. The Labute approximate surface area is 135 Å². The highest BCUT2D eigenvalue weighted by Crippen LogP contribution is 2.31. The van der Waals surface area contributed by atoms with Gasteiger partial charge in [0.15, 0.2) is 17.3 Å². The maximum absolute atomic E-state index is 13.6. The number of halogens is 6. The molecule has 1 aromatic heterocycles. The van der Waals surface area contributed by atoms with E-state index in [-0.39, 0.29) is 0 Å². The number of aliphatic carboxylic acids is 1. The molecule has 1 aromatic carbocycles. The van der Waals surface area contributed by atoms with Gasteiger partial charge in [0.25, 0.3) is 0 Å². The first-order valence-electron chi connectivity index (χ1n) is 6.40. The number of nitrogens with zero attached hydrogens (tertiary/aromatic N) is 2. The molecule has 0 aliphatic carbocycles. The molecule has 0 amide bonds. The first-order chi connectivity index (χ1) is 11.6. The van der Waals surface area contributed by atoms with Crippen molar-refractivity contribution in [2.24, 2.45) is 0 Å². The molecule has 0 bridgehead atoms. The third-order valence-corrected chi connectivity index (χ3v) is 2.67. The second-order valence-electron chi connectivity index (χ2n) is 4.58. The van der Waals surface area contributed by atoms with Crippen molar-refractivity contribution in [3.63, 3.8) is 0 Å². The molecule has 0 fully saturated rings. The molecule has 12 heteroatoms. The van der Waals surface area contributed by atoms with E-state index in [4.69, 9.17) is 5.11 Å². The molecule has 1 heterocycles. The summed E-state index contributed by atoms with van der Waals surface area (Å²) < 4.78 is 78.5. The monoisotopic (exact) mass is 366 g/mol. The van der Waals surface area contributed by atoms with Crippen LogP contribution in [0.3, 0.4) is 0 Å². The number of rotatable bonds is 5. The summed E-state index contributed by atoms with van der Waals surface area (Å²) in [5.41, 5.74) is -2.42. The molecule has 25 heavy (non-hydrogen) atoms. The third-order valence-electron chi connectivity index (χ3n) is 2.67. The minimum atomic E-state index is -4.93. The Morgan fingerprint density at radius 3 is 2.20 bits per heavy atom. The Kier molecular flexibility index (Phi) is 4.99. The van der Waals surface area contributed by atoms with Crippen molar-refractivity contribution in [2.75, 3.05) is 17.2 Å². The molecule has 0 saturated heterocycles. The zero-order valence-electron chi connectivity index (χ0n) is 12.0. The van der Waals surface area contributed by atoms with Crippen LogP contribution in [-0.2, 0) is 11.0 Å². The van der Waals surface area contributed by atoms with Crippen LogP contribution in [0.2, 0.25) is 0 Å². The highest BCUT2D eigenvalue weighted by Gasteiger charge is 2.34. The number of carboxylic acids is 1. The number of hydrogen-bond acceptors (Lipinski definition) is 5. The zero-order valence-corrected chi connectivity index (χ0v) is 12.0. The maximum atomic E-state index is 13.6. The van der Waals surface area contributed by atoms with Crippen molar-refractivity contribution in [3.05, 3.63) is 41.3 Å². The molecular weight excluding hydrogens is 358 g/mol. The summed E-state index contributed by atoms with van der Waals surface area (Å²) in [4.78, 5) is 17.0. The predicted octanol–water partition coefficient (Wildman–Crippen LogP) is 3.15. The van der Waals surface area contributed by atoms with Crippen LogP contribution in [0.4, 0.5) is 43.8 Å². The smallest absolute Gasteiger partial charge is 0.433 e. The van der Waals surface area contributed by atoms with Crippen molar-refractivity contribution >= 4 is 23.4 Å². The van der Waals surface area contributed by atoms with Gasteiger partial charge < -0.3 is 15.7 Å². The van der Waals surface area contributed by atoms with Crippen molar-refractivity contribution in [3.8, 4) is 0 Å². The summed E-state index contributed by atoms with van der Waals surface area (Å²) in [5, 5.41) is 12.5. The largest absolute Gasteiger partial charge is 0.480 e. The standard InChI is InChI=1S/C13H8F6N4O2/c14-5-1-6(15)11(7(16)2-5)22-9-3-8(13(17,18)19)21-12(23-9)20-4-10(24)25/h1-3H,4H2,(H,24,25)(H2,20,21,22,23). The van der Waals surface area contributed by atoms with Gasteiger partial charge in [-0.2, -0.15) is 18.2 Å². The van der Waals surface area contributed by atoms with E-state index >= 15 is 0 Å². The average molecular weight is 366 g/mol. The van der Waals surface area contributed by atoms with E-state index in [9.17, 15) is 31.1 Å². The first kappa shape index (κ1) is 18.3. The molecule has 0 atom stereocenters. The van der Waals surface area contributed by atoms with E-state index in [1.165, 1.54) is 0 Å². The molecule has 0 aliphatic rings. The number of benzene rings is 1. The number of nitrogens with one attached hydrogen (secondary N) is 2. The molecule has 3 N–H and O–H groups in total. The second-order valence-corrected chi connectivity index (χ2v) is 4.58. The molecule has 2 aromatic rings. The van der Waals surface area contributed by atoms with Crippen LogP contribution < -0.4 is 10.6 Å². The molecule has 2 rings (SSSR count). The number of alkyl halides is 3. The molecule has 0 saturated carbocycles. The Morgan fingerprint density at radius 2 is 1.68 bits per heavy atom. The maximum Gasteiger partial charge on any atom is 0.433 e. The van der Waals surface area contributed by atoms with Gasteiger partial charge >= 0.3 is 12.1 Å². The van der Waals surface area contributed by atoms with E-state index in [2.05, 4.69) is 9.97 Å². The molecule has 0 spiro atoms. The van der Waals surface area contributed by atoms with E-state index in [0.717, 1.165) is 0 Å². The number of carboxylic acid groups (broad SMARTS) is 1. The minimum absolute atomic E-state index is 0.320. The number of carbonyl (C=O) groups is 1. The number of hydrogen-bond donors (Lipinski definition) is 3. The predicted molar refractivity (Wildman–Crippen MR) is 72.8 cm³/mol. The highest BCUT2D eigenvalue weighted by molar-refractivity contribution is 5.72. The van der Waals surface area contributed by atoms with Gasteiger partial charge in [0.2, 0.25) is 5.95 Å². The quantitative estimate of drug-likeness (QED) is 0.705. The first-order valence-corrected chi connectivity index (χ1v) is 6.40. The normalized spacial score (nSPS) is 11.3. The number of anilines is 3. The zero-order chi connectivity index (χ0) is 18.8. The van der Waals surface area contributed by atoms with Crippen LogP contribution in [0.5, 0.6) is 0 Å². The lowest BCUT2D eigenvalue weighted by Crippen LogP contribution is -2.17. The lowest BCUT2D eigenvalue weighted by atomic mass is 10.2. The van der Waals surface area contributed by atoms with E-state index in [0.29, 0.717) is 18.2 Å². The Morgan fingerprint density at radius 1 is 1.08 bits per heavy atom. The lowest BCUT2D eigenvalue weighted by molar-refractivity contribution is -0.141. The van der Waals surface area contributed by atoms with Gasteiger partial charge in [-0.1, -0.05) is 0 Å². The molecule has 6 nitrogen and oxygen atoms in total. The van der Waals surface area contributed by atoms with Gasteiger partial charge in [-0.25, -0.2) is 18.2 Å². The van der Waals surface area contributed by atoms with Crippen LogP contribution >= 0.6 is 0 Å². The summed E-state index contributed by atoms with van der Waals surface area (Å²) in [7, 11) is 0. The summed E-state index contributed by atoms with van der Waals surface area (Å²) in [6, 6.07) is 0.996. The van der Waals surface area contributed by atoms with Crippen LogP contribution in [0.15, 0.2) is 18.2 Å². The summed E-state index contributed by atoms with van der Waals surface area (Å²) in [6.45, 7) is -0.792. The second kappa shape index (κ2) is 6.83. The molecular formula is C13H8F6N4O2. The molecule has 0 aliphatic heterocycles.